The second-order valence-corrected chi connectivity index (χ2v) is 7.16. The molecule has 2 amide bonds. The van der Waals surface area contributed by atoms with Crippen molar-refractivity contribution in [1.29, 1.82) is 0 Å². The number of carbonyl (C=O) groups is 2. The van der Waals surface area contributed by atoms with E-state index in [4.69, 9.17) is 14.2 Å². The van der Waals surface area contributed by atoms with Gasteiger partial charge in [0.1, 0.15) is 5.75 Å². The lowest BCUT2D eigenvalue weighted by Gasteiger charge is -2.17. The van der Waals surface area contributed by atoms with Crippen LogP contribution in [0.2, 0.25) is 0 Å². The highest BCUT2D eigenvalue weighted by Gasteiger charge is 2.19. The van der Waals surface area contributed by atoms with Crippen LogP contribution in [0.15, 0.2) is 42.5 Å². The van der Waals surface area contributed by atoms with Crippen molar-refractivity contribution in [2.24, 2.45) is 0 Å². The molecule has 29 heavy (non-hydrogen) atoms. The SMILES string of the molecule is O=C(CNC(=O)c1ccc2c(c1)OCO2)NCc1ccccc1OC1CCCC1. The van der Waals surface area contributed by atoms with E-state index in [1.54, 1.807) is 18.2 Å². The number of benzene rings is 2. The largest absolute Gasteiger partial charge is 0.490 e. The molecule has 2 aromatic rings. The van der Waals surface area contributed by atoms with E-state index in [0.717, 1.165) is 24.2 Å². The van der Waals surface area contributed by atoms with Crippen LogP contribution in [0.5, 0.6) is 17.2 Å². The molecule has 4 rings (SSSR count). The first-order chi connectivity index (χ1) is 14.2. The predicted octanol–water partition coefficient (Wildman–Crippen LogP) is 2.78. The van der Waals surface area contributed by atoms with Crippen molar-refractivity contribution in [1.82, 2.24) is 10.6 Å². The van der Waals surface area contributed by atoms with Crippen LogP contribution in [0.4, 0.5) is 0 Å². The Morgan fingerprint density at radius 1 is 1.00 bits per heavy atom. The second kappa shape index (κ2) is 8.86. The minimum atomic E-state index is -0.344. The lowest BCUT2D eigenvalue weighted by molar-refractivity contribution is -0.120. The van der Waals surface area contributed by atoms with E-state index < -0.39 is 0 Å². The number of fused-ring (bicyclic) bond motifs is 1. The molecule has 1 fully saturated rings. The summed E-state index contributed by atoms with van der Waals surface area (Å²) in [7, 11) is 0. The molecule has 2 N–H and O–H groups in total. The van der Waals surface area contributed by atoms with Crippen molar-refractivity contribution in [3.8, 4) is 17.2 Å². The molecule has 1 aliphatic carbocycles. The zero-order valence-electron chi connectivity index (χ0n) is 16.1. The highest BCUT2D eigenvalue weighted by molar-refractivity contribution is 5.97. The Morgan fingerprint density at radius 2 is 1.79 bits per heavy atom. The Bertz CT molecular complexity index is 893. The summed E-state index contributed by atoms with van der Waals surface area (Å²) in [6, 6.07) is 12.6. The van der Waals surface area contributed by atoms with Crippen LogP contribution in [0.1, 0.15) is 41.6 Å². The number of nitrogens with one attached hydrogen (secondary N) is 2. The van der Waals surface area contributed by atoms with E-state index in [0.29, 0.717) is 23.6 Å². The maximum absolute atomic E-state index is 12.3. The van der Waals surface area contributed by atoms with Gasteiger partial charge in [-0.05, 0) is 49.9 Å². The third-order valence-electron chi connectivity index (χ3n) is 5.09. The van der Waals surface area contributed by atoms with Crippen molar-refractivity contribution >= 4 is 11.8 Å². The lowest BCUT2D eigenvalue weighted by Crippen LogP contribution is -2.36. The number of rotatable bonds is 7. The first kappa shape index (κ1) is 19.1. The standard InChI is InChI=1S/C22H24N2O5/c25-21(13-24-22(26)15-9-10-19-20(11-15)28-14-27-19)23-12-16-5-1-4-8-18(16)29-17-6-2-3-7-17/h1,4-5,8-11,17H,2-3,6-7,12-14H2,(H,23,25)(H,24,26). The predicted molar refractivity (Wildman–Crippen MR) is 106 cm³/mol. The Kier molecular flexibility index (Phi) is 5.84. The number of amides is 2. The van der Waals surface area contributed by atoms with E-state index in [9.17, 15) is 9.59 Å². The van der Waals surface area contributed by atoms with Crippen LogP contribution in [-0.2, 0) is 11.3 Å². The van der Waals surface area contributed by atoms with Gasteiger partial charge in [0, 0.05) is 17.7 Å². The zero-order valence-corrected chi connectivity index (χ0v) is 16.1. The molecule has 0 spiro atoms. The van der Waals surface area contributed by atoms with Gasteiger partial charge in [0.25, 0.3) is 5.91 Å². The highest BCUT2D eigenvalue weighted by Crippen LogP contribution is 2.32. The molecule has 0 radical (unpaired) electrons. The van der Waals surface area contributed by atoms with Crippen LogP contribution in [0, 0.1) is 0 Å². The molecule has 0 saturated heterocycles. The van der Waals surface area contributed by atoms with E-state index in [-0.39, 0.29) is 31.3 Å². The molecule has 1 aliphatic heterocycles. The van der Waals surface area contributed by atoms with Gasteiger partial charge in [-0.1, -0.05) is 18.2 Å². The molecular weight excluding hydrogens is 372 g/mol. The summed E-state index contributed by atoms with van der Waals surface area (Å²) < 4.78 is 16.6. The molecule has 7 heteroatoms. The molecule has 0 unspecified atom stereocenters. The molecule has 1 saturated carbocycles. The number of carbonyl (C=O) groups excluding carboxylic acids is 2. The number of hydrogen-bond acceptors (Lipinski definition) is 5. The van der Waals surface area contributed by atoms with Crippen molar-refractivity contribution in [3.05, 3.63) is 53.6 Å². The molecule has 1 heterocycles. The average Bonchev–Trinajstić information content (AvgIpc) is 3.42. The normalized spacial score (nSPS) is 15.2. The Balaban J connectivity index is 1.26. The summed E-state index contributed by atoms with van der Waals surface area (Å²) in [4.78, 5) is 24.4. The molecule has 0 atom stereocenters. The van der Waals surface area contributed by atoms with Gasteiger partial charge in [0.2, 0.25) is 12.7 Å². The third kappa shape index (κ3) is 4.80. The van der Waals surface area contributed by atoms with Crippen molar-refractivity contribution < 1.29 is 23.8 Å². The molecule has 2 aromatic carbocycles. The molecule has 7 nitrogen and oxygen atoms in total. The summed E-state index contributed by atoms with van der Waals surface area (Å²) in [6.45, 7) is 0.384. The first-order valence-electron chi connectivity index (χ1n) is 9.88. The van der Waals surface area contributed by atoms with E-state index in [2.05, 4.69) is 10.6 Å². The highest BCUT2D eigenvalue weighted by atomic mass is 16.7. The summed E-state index contributed by atoms with van der Waals surface area (Å²) in [5, 5.41) is 5.46. The fraction of sp³-hybridized carbons (Fsp3) is 0.364. The van der Waals surface area contributed by atoms with Crippen molar-refractivity contribution in [2.75, 3.05) is 13.3 Å². The monoisotopic (exact) mass is 396 g/mol. The first-order valence-corrected chi connectivity index (χ1v) is 9.88. The summed E-state index contributed by atoms with van der Waals surface area (Å²) in [5.74, 6) is 1.33. The summed E-state index contributed by atoms with van der Waals surface area (Å²) in [5.41, 5.74) is 1.34. The van der Waals surface area contributed by atoms with E-state index in [1.165, 1.54) is 12.8 Å². The molecule has 2 aliphatic rings. The van der Waals surface area contributed by atoms with Gasteiger partial charge in [-0.25, -0.2) is 0 Å². The van der Waals surface area contributed by atoms with E-state index in [1.807, 2.05) is 24.3 Å². The number of hydrogen-bond donors (Lipinski definition) is 2. The van der Waals surface area contributed by atoms with Gasteiger partial charge in [-0.2, -0.15) is 0 Å². The smallest absolute Gasteiger partial charge is 0.251 e. The molecular formula is C22H24N2O5. The maximum Gasteiger partial charge on any atom is 0.251 e. The van der Waals surface area contributed by atoms with Crippen LogP contribution in [0.3, 0.4) is 0 Å². The lowest BCUT2D eigenvalue weighted by atomic mass is 10.2. The van der Waals surface area contributed by atoms with Gasteiger partial charge >= 0.3 is 0 Å². The number of ether oxygens (including phenoxy) is 3. The molecule has 0 bridgehead atoms. The van der Waals surface area contributed by atoms with Crippen LogP contribution < -0.4 is 24.8 Å². The maximum atomic E-state index is 12.3. The number of para-hydroxylation sites is 1. The zero-order chi connectivity index (χ0) is 20.1. The van der Waals surface area contributed by atoms with Crippen LogP contribution >= 0.6 is 0 Å². The molecule has 0 aromatic heterocycles. The topological polar surface area (TPSA) is 85.9 Å². The Morgan fingerprint density at radius 3 is 2.66 bits per heavy atom. The third-order valence-corrected chi connectivity index (χ3v) is 5.09. The quantitative estimate of drug-likeness (QED) is 0.752. The minimum absolute atomic E-state index is 0.112. The Labute approximate surface area is 169 Å². The fourth-order valence-electron chi connectivity index (χ4n) is 3.51. The fourth-order valence-corrected chi connectivity index (χ4v) is 3.51. The van der Waals surface area contributed by atoms with Crippen molar-refractivity contribution in [3.63, 3.8) is 0 Å². The molecule has 152 valence electrons. The summed E-state index contributed by atoms with van der Waals surface area (Å²) >= 11 is 0. The summed E-state index contributed by atoms with van der Waals surface area (Å²) in [6.07, 6.45) is 4.81. The van der Waals surface area contributed by atoms with Crippen LogP contribution in [0.25, 0.3) is 0 Å². The van der Waals surface area contributed by atoms with Crippen LogP contribution in [-0.4, -0.2) is 31.3 Å². The van der Waals surface area contributed by atoms with E-state index >= 15 is 0 Å². The van der Waals surface area contributed by atoms with Gasteiger partial charge in [0.15, 0.2) is 11.5 Å². The average molecular weight is 396 g/mol. The van der Waals surface area contributed by atoms with Gasteiger partial charge < -0.3 is 24.8 Å². The second-order valence-electron chi connectivity index (χ2n) is 7.16. The van der Waals surface area contributed by atoms with Gasteiger partial charge in [-0.3, -0.25) is 9.59 Å². The van der Waals surface area contributed by atoms with Gasteiger partial charge in [0.05, 0.1) is 12.6 Å². The minimum Gasteiger partial charge on any atom is -0.490 e. The van der Waals surface area contributed by atoms with Crippen molar-refractivity contribution in [2.45, 2.75) is 38.3 Å². The van der Waals surface area contributed by atoms with Gasteiger partial charge in [-0.15, -0.1) is 0 Å². The Hall–Kier alpha value is -3.22.